The highest BCUT2D eigenvalue weighted by molar-refractivity contribution is 7.10. The third kappa shape index (κ3) is 4.83. The number of fused-ring (bicyclic) bond motifs is 1. The maximum atomic E-state index is 12.7. The molecule has 166 valence electrons. The highest BCUT2D eigenvalue weighted by atomic mass is 32.1. The molecule has 7 heteroatoms. The van der Waals surface area contributed by atoms with E-state index in [0.29, 0.717) is 18.0 Å². The number of carbonyl (C=O) groups is 2. The van der Waals surface area contributed by atoms with Crippen molar-refractivity contribution >= 4 is 28.9 Å². The zero-order chi connectivity index (χ0) is 22.5. The number of nitrogens with zero attached hydrogens (tertiary/aromatic N) is 2. The summed E-state index contributed by atoms with van der Waals surface area (Å²) in [5.74, 6) is -0.109. The van der Waals surface area contributed by atoms with Crippen LogP contribution in [0, 0.1) is 0 Å². The number of unbranched alkanes of at least 4 members (excludes halogenated alkanes) is 1. The molecule has 4 rings (SSSR count). The minimum atomic E-state index is -0.735. The van der Waals surface area contributed by atoms with Gasteiger partial charge in [0.1, 0.15) is 11.8 Å². The number of thiazole rings is 1. The molecular weight excluding hydrogens is 424 g/mol. The third-order valence-corrected chi connectivity index (χ3v) is 6.20. The molecule has 1 amide bonds. The molecule has 2 aromatic carbocycles. The summed E-state index contributed by atoms with van der Waals surface area (Å²) in [5.41, 5.74) is 3.48. The highest BCUT2D eigenvalue weighted by Crippen LogP contribution is 2.37. The zero-order valence-corrected chi connectivity index (χ0v) is 19.1. The number of aromatic nitrogens is 1. The average Bonchev–Trinajstić information content (AvgIpc) is 3.27. The van der Waals surface area contributed by atoms with Gasteiger partial charge in [-0.15, -0.1) is 11.3 Å². The minimum Gasteiger partial charge on any atom is -0.482 e. The number of anilines is 1. The number of hydrogen-bond donors (Lipinski definition) is 0. The molecule has 0 spiro atoms. The van der Waals surface area contributed by atoms with E-state index in [1.54, 1.807) is 18.3 Å². The lowest BCUT2D eigenvalue weighted by Gasteiger charge is -2.33. The molecule has 3 aromatic rings. The fourth-order valence-electron chi connectivity index (χ4n) is 3.59. The van der Waals surface area contributed by atoms with Crippen molar-refractivity contribution in [2.75, 3.05) is 18.1 Å². The van der Waals surface area contributed by atoms with Crippen LogP contribution in [0.2, 0.25) is 0 Å². The quantitative estimate of drug-likeness (QED) is 0.362. The molecule has 0 fully saturated rings. The summed E-state index contributed by atoms with van der Waals surface area (Å²) < 4.78 is 11.0. The van der Waals surface area contributed by atoms with E-state index in [9.17, 15) is 9.59 Å². The predicted octanol–water partition coefficient (Wildman–Crippen LogP) is 4.86. The second-order valence-electron chi connectivity index (χ2n) is 7.72. The molecule has 6 nitrogen and oxygen atoms in total. The molecule has 1 atom stereocenters. The van der Waals surface area contributed by atoms with E-state index in [1.165, 1.54) is 10.5 Å². The molecule has 0 saturated carbocycles. The van der Waals surface area contributed by atoms with Crippen molar-refractivity contribution in [2.24, 2.45) is 0 Å². The topological polar surface area (TPSA) is 68.7 Å². The molecule has 1 aromatic heterocycles. The van der Waals surface area contributed by atoms with Crippen LogP contribution in [0.3, 0.4) is 0 Å². The summed E-state index contributed by atoms with van der Waals surface area (Å²) >= 11 is 1.60. The number of amides is 1. The third-order valence-electron chi connectivity index (χ3n) is 5.35. The lowest BCUT2D eigenvalue weighted by atomic mass is 10.1. The van der Waals surface area contributed by atoms with Crippen LogP contribution in [-0.4, -0.2) is 36.1 Å². The van der Waals surface area contributed by atoms with Crippen LogP contribution in [0.15, 0.2) is 53.9 Å². The fourth-order valence-corrected chi connectivity index (χ4v) is 4.43. The van der Waals surface area contributed by atoms with Crippen molar-refractivity contribution < 1.29 is 19.1 Å². The van der Waals surface area contributed by atoms with Gasteiger partial charge in [0.05, 0.1) is 23.0 Å². The first-order valence-electron chi connectivity index (χ1n) is 10.8. The number of hydrogen-bond acceptors (Lipinski definition) is 6. The van der Waals surface area contributed by atoms with Gasteiger partial charge in [-0.25, -0.2) is 9.78 Å². The predicted molar refractivity (Wildman–Crippen MR) is 125 cm³/mol. The fraction of sp³-hybridized carbons (Fsp3) is 0.320. The first kappa shape index (κ1) is 22.0. The largest absolute Gasteiger partial charge is 0.482 e. The van der Waals surface area contributed by atoms with Crippen molar-refractivity contribution in [1.82, 2.24) is 4.98 Å². The van der Waals surface area contributed by atoms with Gasteiger partial charge in [0.2, 0.25) is 0 Å². The van der Waals surface area contributed by atoms with Crippen LogP contribution in [-0.2, 0) is 20.7 Å². The Morgan fingerprint density at radius 3 is 2.84 bits per heavy atom. The summed E-state index contributed by atoms with van der Waals surface area (Å²) in [7, 11) is 0. The van der Waals surface area contributed by atoms with E-state index < -0.39 is 12.0 Å². The lowest BCUT2D eigenvalue weighted by molar-refractivity contribution is -0.146. The molecule has 32 heavy (non-hydrogen) atoms. The van der Waals surface area contributed by atoms with Gasteiger partial charge in [-0.05, 0) is 37.1 Å². The molecule has 1 unspecified atom stereocenters. The van der Waals surface area contributed by atoms with Gasteiger partial charge >= 0.3 is 5.97 Å². The molecule has 0 saturated heterocycles. The molecule has 0 bridgehead atoms. The lowest BCUT2D eigenvalue weighted by Crippen LogP contribution is -2.48. The van der Waals surface area contributed by atoms with Crippen LogP contribution in [0.1, 0.15) is 37.3 Å². The summed E-state index contributed by atoms with van der Waals surface area (Å²) in [6.45, 7) is 3.98. The molecule has 1 aliphatic rings. The van der Waals surface area contributed by atoms with Crippen LogP contribution >= 0.6 is 11.3 Å². The normalized spacial score (nSPS) is 13.9. The smallest absolute Gasteiger partial charge is 0.328 e. The van der Waals surface area contributed by atoms with Gasteiger partial charge in [0, 0.05) is 17.4 Å². The Bertz CT molecular complexity index is 1100. The Balaban J connectivity index is 1.57. The van der Waals surface area contributed by atoms with Crippen molar-refractivity contribution in [3.8, 4) is 17.0 Å². The van der Waals surface area contributed by atoms with E-state index in [1.807, 2.05) is 48.7 Å². The first-order chi connectivity index (χ1) is 15.6. The van der Waals surface area contributed by atoms with E-state index >= 15 is 0 Å². The van der Waals surface area contributed by atoms with E-state index in [-0.39, 0.29) is 12.5 Å². The van der Waals surface area contributed by atoms with Crippen molar-refractivity contribution in [3.63, 3.8) is 0 Å². The molecule has 0 radical (unpaired) electrons. The SMILES string of the molecule is CCCCOC(=O)C(C)N1C(=O)COc2ccc(-c3csc(Cc4ccccc4)n3)cc21. The van der Waals surface area contributed by atoms with E-state index in [0.717, 1.165) is 35.5 Å². The molecule has 0 N–H and O–H groups in total. The second kappa shape index (κ2) is 9.96. The van der Waals surface area contributed by atoms with E-state index in [2.05, 4.69) is 12.1 Å². The summed E-state index contributed by atoms with van der Waals surface area (Å²) in [5, 5.41) is 3.03. The number of esters is 1. The van der Waals surface area contributed by atoms with Crippen molar-refractivity contribution in [1.29, 1.82) is 0 Å². The summed E-state index contributed by atoms with van der Waals surface area (Å²) in [6, 6.07) is 15.1. The van der Waals surface area contributed by atoms with Crippen LogP contribution in [0.25, 0.3) is 11.3 Å². The minimum absolute atomic E-state index is 0.100. The Morgan fingerprint density at radius 2 is 2.06 bits per heavy atom. The highest BCUT2D eigenvalue weighted by Gasteiger charge is 2.34. The first-order valence-corrected chi connectivity index (χ1v) is 11.7. The maximum absolute atomic E-state index is 12.7. The van der Waals surface area contributed by atoms with Crippen molar-refractivity contribution in [3.05, 3.63) is 64.5 Å². The van der Waals surface area contributed by atoms with E-state index in [4.69, 9.17) is 14.5 Å². The number of ether oxygens (including phenoxy) is 2. The molecule has 2 heterocycles. The summed E-state index contributed by atoms with van der Waals surface area (Å²) in [6.07, 6.45) is 2.50. The maximum Gasteiger partial charge on any atom is 0.328 e. The monoisotopic (exact) mass is 450 g/mol. The number of benzene rings is 2. The van der Waals surface area contributed by atoms with Crippen LogP contribution in [0.5, 0.6) is 5.75 Å². The molecule has 0 aliphatic carbocycles. The molecular formula is C25H26N2O4S. The van der Waals surface area contributed by atoms with Crippen molar-refractivity contribution in [2.45, 2.75) is 39.2 Å². The Labute approximate surface area is 191 Å². The van der Waals surface area contributed by atoms with Gasteiger partial charge in [-0.2, -0.15) is 0 Å². The summed E-state index contributed by atoms with van der Waals surface area (Å²) in [4.78, 5) is 31.5. The Hall–Kier alpha value is -3.19. The second-order valence-corrected chi connectivity index (χ2v) is 8.66. The van der Waals surface area contributed by atoms with Gasteiger partial charge in [-0.3, -0.25) is 9.69 Å². The van der Waals surface area contributed by atoms with Gasteiger partial charge in [0.15, 0.2) is 6.61 Å². The Morgan fingerprint density at radius 1 is 1.25 bits per heavy atom. The number of carbonyl (C=O) groups excluding carboxylic acids is 2. The van der Waals surface area contributed by atoms with Crippen LogP contribution < -0.4 is 9.64 Å². The standard InChI is InChI=1S/C25H26N2O4S/c1-3-4-12-30-25(29)17(2)27-21-14-19(10-11-22(21)31-15-24(27)28)20-16-32-23(26-20)13-18-8-6-5-7-9-18/h5-11,14,16-17H,3-4,12-13,15H2,1-2H3. The average molecular weight is 451 g/mol. The van der Waals surface area contributed by atoms with Gasteiger partial charge in [0.25, 0.3) is 5.91 Å². The Kier molecular flexibility index (Phi) is 6.85. The molecule has 1 aliphatic heterocycles. The number of rotatable bonds is 8. The van der Waals surface area contributed by atoms with Gasteiger partial charge < -0.3 is 9.47 Å². The van der Waals surface area contributed by atoms with Gasteiger partial charge in [-0.1, -0.05) is 43.7 Å². The zero-order valence-electron chi connectivity index (χ0n) is 18.2. The van der Waals surface area contributed by atoms with Crippen LogP contribution in [0.4, 0.5) is 5.69 Å².